The van der Waals surface area contributed by atoms with Gasteiger partial charge < -0.3 is 15.0 Å². The van der Waals surface area contributed by atoms with Gasteiger partial charge in [0.05, 0.1) is 19.1 Å². The largest absolute Gasteiger partial charge is 0.466 e. The molecule has 1 amide bonds. The Hall–Kier alpha value is -3.24. The Morgan fingerprint density at radius 1 is 0.969 bits per heavy atom. The zero-order valence-electron chi connectivity index (χ0n) is 18.2. The van der Waals surface area contributed by atoms with Crippen LogP contribution in [-0.4, -0.2) is 35.0 Å². The number of hydrogen-bond donors (Lipinski definition) is 1. The summed E-state index contributed by atoms with van der Waals surface area (Å²) in [5.74, 6) is -0.546. The Morgan fingerprint density at radius 3 is 2.28 bits per heavy atom. The van der Waals surface area contributed by atoms with E-state index in [1.54, 1.807) is 4.90 Å². The normalized spacial score (nSPS) is 10.1. The van der Waals surface area contributed by atoms with E-state index in [0.29, 0.717) is 32.5 Å². The molecule has 1 N–H and O–H groups in total. The first-order chi connectivity index (χ1) is 15.6. The molecule has 0 spiro atoms. The SMILES string of the molecule is N#CCCN(Cc1ccccc1)C(=S)NC(=O)CCCC(=O)OCCCc1ccccc1. The van der Waals surface area contributed by atoms with Crippen LogP contribution in [0.4, 0.5) is 0 Å². The van der Waals surface area contributed by atoms with Crippen LogP contribution in [0.15, 0.2) is 60.7 Å². The molecule has 0 saturated heterocycles. The Bertz CT molecular complexity index is 898. The quantitative estimate of drug-likeness (QED) is 0.297. The van der Waals surface area contributed by atoms with E-state index in [-0.39, 0.29) is 29.8 Å². The van der Waals surface area contributed by atoms with Crippen molar-refractivity contribution < 1.29 is 14.3 Å². The average molecular weight is 452 g/mol. The Morgan fingerprint density at radius 2 is 1.62 bits per heavy atom. The van der Waals surface area contributed by atoms with Crippen molar-refractivity contribution in [1.29, 1.82) is 5.26 Å². The topological polar surface area (TPSA) is 82.4 Å². The van der Waals surface area contributed by atoms with Gasteiger partial charge in [-0.2, -0.15) is 5.26 Å². The first kappa shape index (κ1) is 25.0. The molecule has 2 aromatic rings. The highest BCUT2D eigenvalue weighted by Gasteiger charge is 2.14. The molecule has 2 rings (SSSR count). The second-order valence-electron chi connectivity index (χ2n) is 7.33. The summed E-state index contributed by atoms with van der Waals surface area (Å²) in [6.45, 7) is 1.31. The molecule has 0 unspecified atom stereocenters. The number of nitrogens with one attached hydrogen (secondary N) is 1. The fourth-order valence-electron chi connectivity index (χ4n) is 3.07. The monoisotopic (exact) mass is 451 g/mol. The number of benzene rings is 2. The highest BCUT2D eigenvalue weighted by atomic mass is 32.1. The number of aryl methyl sites for hydroxylation is 1. The van der Waals surface area contributed by atoms with Crippen molar-refractivity contribution in [3.63, 3.8) is 0 Å². The number of ether oxygens (including phenoxy) is 1. The van der Waals surface area contributed by atoms with Crippen LogP contribution in [0.5, 0.6) is 0 Å². The third-order valence-electron chi connectivity index (χ3n) is 4.74. The van der Waals surface area contributed by atoms with Crippen molar-refractivity contribution >= 4 is 29.2 Å². The summed E-state index contributed by atoms with van der Waals surface area (Å²) in [5.41, 5.74) is 2.25. The summed E-state index contributed by atoms with van der Waals surface area (Å²) < 4.78 is 5.24. The molecule has 7 heteroatoms. The summed E-state index contributed by atoms with van der Waals surface area (Å²) in [5, 5.41) is 11.9. The maximum Gasteiger partial charge on any atom is 0.305 e. The molecular weight excluding hydrogens is 422 g/mol. The zero-order chi connectivity index (χ0) is 23.0. The number of esters is 1. The van der Waals surface area contributed by atoms with Crippen LogP contribution in [0.3, 0.4) is 0 Å². The Kier molecular flexibility index (Phi) is 11.5. The zero-order valence-corrected chi connectivity index (χ0v) is 19.0. The van der Waals surface area contributed by atoms with Gasteiger partial charge in [-0.05, 0) is 42.6 Å². The van der Waals surface area contributed by atoms with Crippen LogP contribution in [-0.2, 0) is 27.3 Å². The third kappa shape index (κ3) is 10.2. The van der Waals surface area contributed by atoms with Gasteiger partial charge in [0.25, 0.3) is 0 Å². The molecule has 0 bridgehead atoms. The van der Waals surface area contributed by atoms with Gasteiger partial charge >= 0.3 is 5.97 Å². The van der Waals surface area contributed by atoms with Crippen LogP contribution >= 0.6 is 12.2 Å². The molecule has 0 aliphatic rings. The number of carbonyl (C=O) groups is 2. The van der Waals surface area contributed by atoms with Crippen LogP contribution in [0, 0.1) is 11.3 Å². The lowest BCUT2D eigenvalue weighted by Gasteiger charge is -2.24. The van der Waals surface area contributed by atoms with E-state index in [2.05, 4.69) is 11.4 Å². The maximum absolute atomic E-state index is 12.2. The highest BCUT2D eigenvalue weighted by molar-refractivity contribution is 7.80. The lowest BCUT2D eigenvalue weighted by Crippen LogP contribution is -2.42. The summed E-state index contributed by atoms with van der Waals surface area (Å²) >= 11 is 5.37. The summed E-state index contributed by atoms with van der Waals surface area (Å²) in [4.78, 5) is 25.9. The van der Waals surface area contributed by atoms with E-state index >= 15 is 0 Å². The number of rotatable bonds is 12. The van der Waals surface area contributed by atoms with E-state index in [0.717, 1.165) is 18.4 Å². The van der Waals surface area contributed by atoms with E-state index in [4.69, 9.17) is 22.2 Å². The van der Waals surface area contributed by atoms with Crippen LogP contribution in [0.1, 0.15) is 43.2 Å². The van der Waals surface area contributed by atoms with E-state index < -0.39 is 0 Å². The van der Waals surface area contributed by atoms with Gasteiger partial charge in [-0.3, -0.25) is 9.59 Å². The van der Waals surface area contributed by atoms with Gasteiger partial charge in [0, 0.05) is 25.9 Å². The summed E-state index contributed by atoms with van der Waals surface area (Å²) in [6.07, 6.45) is 2.69. The van der Waals surface area contributed by atoms with Gasteiger partial charge in [0.2, 0.25) is 5.91 Å². The molecule has 2 aromatic carbocycles. The van der Waals surface area contributed by atoms with Gasteiger partial charge in [-0.25, -0.2) is 0 Å². The molecule has 32 heavy (non-hydrogen) atoms. The number of hydrogen-bond acceptors (Lipinski definition) is 5. The minimum Gasteiger partial charge on any atom is -0.466 e. The lowest BCUT2D eigenvalue weighted by molar-refractivity contribution is -0.143. The minimum absolute atomic E-state index is 0.177. The fourth-order valence-corrected chi connectivity index (χ4v) is 3.34. The first-order valence-electron chi connectivity index (χ1n) is 10.8. The predicted octanol–water partition coefficient (Wildman–Crippen LogP) is 4.15. The second-order valence-corrected chi connectivity index (χ2v) is 7.72. The molecule has 0 radical (unpaired) electrons. The molecule has 0 saturated carbocycles. The first-order valence-corrected chi connectivity index (χ1v) is 11.2. The van der Waals surface area contributed by atoms with Crippen LogP contribution in [0.2, 0.25) is 0 Å². The molecule has 6 nitrogen and oxygen atoms in total. The van der Waals surface area contributed by atoms with Crippen molar-refractivity contribution in [1.82, 2.24) is 10.2 Å². The summed E-state index contributed by atoms with van der Waals surface area (Å²) in [6, 6.07) is 21.9. The highest BCUT2D eigenvalue weighted by Crippen LogP contribution is 2.07. The molecule has 0 heterocycles. The number of thiocarbonyl (C=S) groups is 1. The number of nitrogens with zero attached hydrogens (tertiary/aromatic N) is 2. The maximum atomic E-state index is 12.2. The van der Waals surface area contributed by atoms with Crippen molar-refractivity contribution in [2.24, 2.45) is 0 Å². The van der Waals surface area contributed by atoms with Crippen molar-refractivity contribution in [2.75, 3.05) is 13.2 Å². The van der Waals surface area contributed by atoms with Crippen molar-refractivity contribution in [3.05, 3.63) is 71.8 Å². The predicted molar refractivity (Wildman–Crippen MR) is 127 cm³/mol. The van der Waals surface area contributed by atoms with E-state index in [1.807, 2.05) is 60.7 Å². The number of nitriles is 1. The van der Waals surface area contributed by atoms with Crippen LogP contribution in [0.25, 0.3) is 0 Å². The second kappa shape index (κ2) is 14.7. The molecule has 168 valence electrons. The van der Waals surface area contributed by atoms with Gasteiger partial charge in [-0.15, -0.1) is 0 Å². The molecule has 0 fully saturated rings. The van der Waals surface area contributed by atoms with Crippen molar-refractivity contribution in [2.45, 2.75) is 45.1 Å². The fraction of sp³-hybridized carbons (Fsp3) is 0.360. The molecular formula is C25H29N3O3S. The molecule has 0 aliphatic heterocycles. The standard InChI is InChI=1S/C25H29N3O3S/c26-17-9-18-28(20-22-12-5-2-6-13-22)25(32)27-23(29)15-7-16-24(30)31-19-8-14-21-10-3-1-4-11-21/h1-6,10-13H,7-9,14-16,18-20H2,(H,27,29,32). The molecule has 0 atom stereocenters. The van der Waals surface area contributed by atoms with E-state index in [1.165, 1.54) is 5.56 Å². The smallest absolute Gasteiger partial charge is 0.305 e. The number of carbonyl (C=O) groups excluding carboxylic acids is 2. The van der Waals surface area contributed by atoms with Gasteiger partial charge in [0.15, 0.2) is 5.11 Å². The van der Waals surface area contributed by atoms with Gasteiger partial charge in [0.1, 0.15) is 0 Å². The van der Waals surface area contributed by atoms with Crippen molar-refractivity contribution in [3.8, 4) is 6.07 Å². The third-order valence-corrected chi connectivity index (χ3v) is 5.10. The molecule has 0 aliphatic carbocycles. The molecule has 0 aromatic heterocycles. The number of amides is 1. The van der Waals surface area contributed by atoms with E-state index in [9.17, 15) is 9.59 Å². The lowest BCUT2D eigenvalue weighted by atomic mass is 10.1. The Balaban J connectivity index is 1.65. The average Bonchev–Trinajstić information content (AvgIpc) is 2.80. The Labute approximate surface area is 195 Å². The van der Waals surface area contributed by atoms with Crippen LogP contribution < -0.4 is 5.32 Å². The summed E-state index contributed by atoms with van der Waals surface area (Å²) in [7, 11) is 0. The minimum atomic E-state index is -0.298. The van der Waals surface area contributed by atoms with Gasteiger partial charge in [-0.1, -0.05) is 60.7 Å².